The lowest BCUT2D eigenvalue weighted by molar-refractivity contribution is 0.340. The Morgan fingerprint density at radius 3 is 2.84 bits per heavy atom. The van der Waals surface area contributed by atoms with E-state index in [-0.39, 0.29) is 5.56 Å². The minimum atomic E-state index is 0.0211. The molecule has 0 radical (unpaired) electrons. The number of ether oxygens (including phenoxy) is 1. The van der Waals surface area contributed by atoms with Crippen LogP contribution in [0.25, 0.3) is 6.08 Å². The predicted molar refractivity (Wildman–Crippen MR) is 102 cm³/mol. The highest BCUT2D eigenvalue weighted by molar-refractivity contribution is 7.11. The zero-order chi connectivity index (χ0) is 17.2. The maximum Gasteiger partial charge on any atom is 0.271 e. The average Bonchev–Trinajstić information content (AvgIpc) is 3.25. The van der Waals surface area contributed by atoms with E-state index in [1.807, 2.05) is 54.8 Å². The van der Waals surface area contributed by atoms with E-state index in [1.54, 1.807) is 15.9 Å². The maximum absolute atomic E-state index is 12.7. The summed E-state index contributed by atoms with van der Waals surface area (Å²) in [4.78, 5) is 21.2. The van der Waals surface area contributed by atoms with Crippen LogP contribution < -0.4 is 24.5 Å². The first kappa shape index (κ1) is 16.1. The van der Waals surface area contributed by atoms with Crippen molar-refractivity contribution in [2.45, 2.75) is 13.6 Å². The lowest BCUT2D eigenvalue weighted by Gasteiger charge is -2.25. The Balaban J connectivity index is 1.63. The molecule has 1 aliphatic rings. The number of aromatic nitrogens is 1. The number of hydrogen-bond donors (Lipinski definition) is 0. The highest BCUT2D eigenvalue weighted by Gasteiger charge is 2.16. The Morgan fingerprint density at radius 2 is 2.12 bits per heavy atom. The van der Waals surface area contributed by atoms with Gasteiger partial charge in [0.05, 0.1) is 11.1 Å². The Bertz CT molecular complexity index is 1030. The fourth-order valence-corrected chi connectivity index (χ4v) is 4.38. The lowest BCUT2D eigenvalue weighted by Crippen LogP contribution is -2.42. The summed E-state index contributed by atoms with van der Waals surface area (Å²) in [5, 5.41) is 2.01. The normalized spacial score (nSPS) is 14.3. The van der Waals surface area contributed by atoms with E-state index in [0.29, 0.717) is 19.9 Å². The molecule has 3 heterocycles. The van der Waals surface area contributed by atoms with Gasteiger partial charge in [-0.25, -0.2) is 4.99 Å². The van der Waals surface area contributed by atoms with Crippen LogP contribution in [0.15, 0.2) is 51.6 Å². The van der Waals surface area contributed by atoms with Gasteiger partial charge in [0.2, 0.25) is 0 Å². The van der Waals surface area contributed by atoms with Crippen LogP contribution in [0.3, 0.4) is 0 Å². The Morgan fingerprint density at radius 1 is 1.28 bits per heavy atom. The summed E-state index contributed by atoms with van der Waals surface area (Å²) in [5.74, 6) is 0.849. The number of thiazole rings is 1. The van der Waals surface area contributed by atoms with Crippen molar-refractivity contribution >= 4 is 34.4 Å². The van der Waals surface area contributed by atoms with Gasteiger partial charge in [-0.15, -0.1) is 11.3 Å². The molecule has 2 aromatic heterocycles. The van der Waals surface area contributed by atoms with Gasteiger partial charge < -0.3 is 9.64 Å². The highest BCUT2D eigenvalue weighted by Crippen LogP contribution is 2.20. The van der Waals surface area contributed by atoms with E-state index in [1.165, 1.54) is 11.3 Å². The van der Waals surface area contributed by atoms with Crippen molar-refractivity contribution in [3.05, 3.63) is 66.3 Å². The molecular weight excluding hydrogens is 354 g/mol. The van der Waals surface area contributed by atoms with Crippen LogP contribution in [0, 0.1) is 0 Å². The largest absolute Gasteiger partial charge is 0.494 e. The van der Waals surface area contributed by atoms with Crippen LogP contribution in [-0.4, -0.2) is 17.8 Å². The first-order chi connectivity index (χ1) is 12.2. The summed E-state index contributed by atoms with van der Waals surface area (Å²) >= 11 is 3.08. The molecule has 1 aromatic carbocycles. The minimum absolute atomic E-state index is 0.0211. The van der Waals surface area contributed by atoms with Gasteiger partial charge in [-0.1, -0.05) is 17.4 Å². The van der Waals surface area contributed by atoms with Crippen LogP contribution in [0.4, 0.5) is 5.69 Å². The van der Waals surface area contributed by atoms with Crippen molar-refractivity contribution in [2.24, 2.45) is 4.99 Å². The number of fused-ring (bicyclic) bond motifs is 1. The Kier molecular flexibility index (Phi) is 4.42. The molecule has 0 amide bonds. The van der Waals surface area contributed by atoms with Crippen LogP contribution >= 0.6 is 22.7 Å². The van der Waals surface area contributed by atoms with Crippen LogP contribution in [-0.2, 0) is 6.67 Å². The van der Waals surface area contributed by atoms with Crippen molar-refractivity contribution in [1.82, 2.24) is 4.57 Å². The van der Waals surface area contributed by atoms with Crippen molar-refractivity contribution in [3.63, 3.8) is 0 Å². The van der Waals surface area contributed by atoms with E-state index < -0.39 is 0 Å². The smallest absolute Gasteiger partial charge is 0.271 e. The molecule has 0 bridgehead atoms. The van der Waals surface area contributed by atoms with Gasteiger partial charge in [0.25, 0.3) is 5.56 Å². The predicted octanol–water partition coefficient (Wildman–Crippen LogP) is 2.25. The van der Waals surface area contributed by atoms with Crippen molar-refractivity contribution < 1.29 is 4.74 Å². The molecule has 1 aliphatic heterocycles. The molecule has 0 atom stereocenters. The molecule has 3 aromatic rings. The molecule has 0 fully saturated rings. The number of anilines is 1. The van der Waals surface area contributed by atoms with E-state index >= 15 is 0 Å². The molecule has 0 spiro atoms. The molecule has 128 valence electrons. The SMILES string of the molecule is CCOc1ccc(N2CN=c3s/c(=C/c4cccs4)c(=O)n3C2)cc1. The quantitative estimate of drug-likeness (QED) is 0.707. The third-order valence-electron chi connectivity index (χ3n) is 3.91. The zero-order valence-electron chi connectivity index (χ0n) is 13.7. The van der Waals surface area contributed by atoms with E-state index in [0.717, 1.165) is 25.6 Å². The molecule has 0 N–H and O–H groups in total. The molecule has 0 unspecified atom stereocenters. The summed E-state index contributed by atoms with van der Waals surface area (Å²) in [6.07, 6.45) is 1.94. The summed E-state index contributed by atoms with van der Waals surface area (Å²) in [6.45, 7) is 3.68. The van der Waals surface area contributed by atoms with E-state index in [4.69, 9.17) is 4.74 Å². The summed E-state index contributed by atoms with van der Waals surface area (Å²) < 4.78 is 7.95. The highest BCUT2D eigenvalue weighted by atomic mass is 32.1. The Hall–Kier alpha value is -2.38. The Labute approximate surface area is 152 Å². The van der Waals surface area contributed by atoms with Gasteiger partial charge in [0, 0.05) is 10.6 Å². The second-order valence-corrected chi connectivity index (χ2v) is 7.54. The molecule has 25 heavy (non-hydrogen) atoms. The van der Waals surface area contributed by atoms with Gasteiger partial charge >= 0.3 is 0 Å². The molecule has 0 saturated heterocycles. The third-order valence-corrected chi connectivity index (χ3v) is 5.77. The number of rotatable bonds is 4. The van der Waals surface area contributed by atoms with E-state index in [9.17, 15) is 4.79 Å². The summed E-state index contributed by atoms with van der Waals surface area (Å²) in [6, 6.07) is 11.9. The zero-order valence-corrected chi connectivity index (χ0v) is 15.3. The molecule has 5 nitrogen and oxygen atoms in total. The van der Waals surface area contributed by atoms with Crippen molar-refractivity contribution in [2.75, 3.05) is 18.2 Å². The van der Waals surface area contributed by atoms with Gasteiger partial charge in [-0.3, -0.25) is 9.36 Å². The fraction of sp³-hybridized carbons (Fsp3) is 0.222. The van der Waals surface area contributed by atoms with Crippen LogP contribution in [0.1, 0.15) is 11.8 Å². The van der Waals surface area contributed by atoms with Crippen molar-refractivity contribution in [3.8, 4) is 5.75 Å². The van der Waals surface area contributed by atoms with Crippen LogP contribution in [0.2, 0.25) is 0 Å². The molecule has 0 aliphatic carbocycles. The third kappa shape index (κ3) is 3.25. The lowest BCUT2D eigenvalue weighted by atomic mass is 10.3. The van der Waals surface area contributed by atoms with Gasteiger partial charge in [-0.05, 0) is 48.7 Å². The standard InChI is InChI=1S/C18H17N3O2S2/c1-2-23-14-7-5-13(6-8-14)20-11-19-18-21(12-20)17(22)16(25-18)10-15-4-3-9-24-15/h3-10H,2,11-12H2,1H3/b16-10+. The molecule has 4 rings (SSSR count). The number of nitrogens with zero attached hydrogens (tertiary/aromatic N) is 3. The molecule has 0 saturated carbocycles. The van der Waals surface area contributed by atoms with Crippen molar-refractivity contribution in [1.29, 1.82) is 0 Å². The summed E-state index contributed by atoms with van der Waals surface area (Å²) in [7, 11) is 0. The van der Waals surface area contributed by atoms with Crippen LogP contribution in [0.5, 0.6) is 5.75 Å². The van der Waals surface area contributed by atoms with E-state index in [2.05, 4.69) is 9.89 Å². The number of thiophene rings is 1. The summed E-state index contributed by atoms with van der Waals surface area (Å²) in [5.41, 5.74) is 1.05. The average molecular weight is 371 g/mol. The fourth-order valence-electron chi connectivity index (χ4n) is 2.70. The maximum atomic E-state index is 12.7. The van der Waals surface area contributed by atoms with Gasteiger partial charge in [-0.2, -0.15) is 0 Å². The number of hydrogen-bond acceptors (Lipinski definition) is 6. The molecular formula is C18H17N3O2S2. The van der Waals surface area contributed by atoms with Gasteiger partial charge in [0.15, 0.2) is 4.80 Å². The first-order valence-electron chi connectivity index (χ1n) is 8.02. The molecule has 7 heteroatoms. The monoisotopic (exact) mass is 371 g/mol. The second kappa shape index (κ2) is 6.85. The second-order valence-electron chi connectivity index (χ2n) is 5.55. The first-order valence-corrected chi connectivity index (χ1v) is 9.71. The number of benzene rings is 1. The topological polar surface area (TPSA) is 46.8 Å². The van der Waals surface area contributed by atoms with Gasteiger partial charge in [0.1, 0.15) is 19.1 Å². The minimum Gasteiger partial charge on any atom is -0.494 e.